The van der Waals surface area contributed by atoms with Crippen LogP contribution in [0.1, 0.15) is 25.8 Å². The van der Waals surface area contributed by atoms with Crippen molar-refractivity contribution in [3.8, 4) is 0 Å². The van der Waals surface area contributed by atoms with E-state index in [9.17, 15) is 9.59 Å². The summed E-state index contributed by atoms with van der Waals surface area (Å²) in [4.78, 5) is 22.5. The lowest BCUT2D eigenvalue weighted by atomic mass is 10.2. The Morgan fingerprint density at radius 1 is 1.28 bits per heavy atom. The van der Waals surface area contributed by atoms with Gasteiger partial charge in [-0.1, -0.05) is 19.1 Å². The molecule has 2 amide bonds. The number of anilines is 1. The third kappa shape index (κ3) is 3.32. The van der Waals surface area contributed by atoms with E-state index in [2.05, 4.69) is 17.6 Å². The highest BCUT2D eigenvalue weighted by molar-refractivity contribution is 5.88. The van der Waals surface area contributed by atoms with Crippen LogP contribution < -0.4 is 10.6 Å². The van der Waals surface area contributed by atoms with Crippen molar-refractivity contribution in [2.75, 3.05) is 5.32 Å². The second kappa shape index (κ2) is 5.21. The Morgan fingerprint density at radius 2 is 1.89 bits per heavy atom. The van der Waals surface area contributed by atoms with Gasteiger partial charge in [-0.25, -0.2) is 0 Å². The molecule has 1 aliphatic rings. The molecule has 1 aromatic rings. The topological polar surface area (TPSA) is 58.2 Å². The van der Waals surface area contributed by atoms with Gasteiger partial charge in [-0.05, 0) is 30.0 Å². The molecule has 0 heterocycles. The van der Waals surface area contributed by atoms with Gasteiger partial charge in [0, 0.05) is 25.1 Å². The predicted molar refractivity (Wildman–Crippen MR) is 69.9 cm³/mol. The minimum absolute atomic E-state index is 0.0845. The number of nitrogens with one attached hydrogen (secondary N) is 2. The summed E-state index contributed by atoms with van der Waals surface area (Å²) in [6, 6.07) is 7.48. The van der Waals surface area contributed by atoms with Crippen LogP contribution in [0.3, 0.4) is 0 Å². The third-order valence-corrected chi connectivity index (χ3v) is 3.19. The zero-order valence-electron chi connectivity index (χ0n) is 10.7. The van der Waals surface area contributed by atoms with E-state index in [0.29, 0.717) is 12.5 Å². The first-order valence-corrected chi connectivity index (χ1v) is 6.20. The molecule has 1 fully saturated rings. The summed E-state index contributed by atoms with van der Waals surface area (Å²) in [6.45, 7) is 4.11. The average Bonchev–Trinajstić information content (AvgIpc) is 3.04. The summed E-state index contributed by atoms with van der Waals surface area (Å²) in [5.74, 6) is 0.808. The molecule has 18 heavy (non-hydrogen) atoms. The van der Waals surface area contributed by atoms with Gasteiger partial charge in [0.1, 0.15) is 0 Å². The van der Waals surface area contributed by atoms with Crippen LogP contribution in [0.4, 0.5) is 5.69 Å². The van der Waals surface area contributed by atoms with Crippen LogP contribution in [0, 0.1) is 11.8 Å². The van der Waals surface area contributed by atoms with Crippen molar-refractivity contribution < 1.29 is 9.59 Å². The molecule has 2 N–H and O–H groups in total. The smallest absolute Gasteiger partial charge is 0.223 e. The van der Waals surface area contributed by atoms with Crippen LogP contribution in [-0.4, -0.2) is 11.8 Å². The number of hydrogen-bond donors (Lipinski definition) is 2. The standard InChI is InChI=1S/C14H18N2O2/c1-9-7-13(9)14(18)15-8-11-3-5-12(6-4-11)16-10(2)17/h3-6,9,13H,7-8H2,1-2H3,(H,15,18)(H,16,17)/t9-,13+/m1/s1. The van der Waals surface area contributed by atoms with Crippen molar-refractivity contribution in [2.24, 2.45) is 11.8 Å². The van der Waals surface area contributed by atoms with Crippen molar-refractivity contribution in [3.05, 3.63) is 29.8 Å². The molecule has 0 spiro atoms. The highest BCUT2D eigenvalue weighted by Gasteiger charge is 2.38. The number of amides is 2. The molecule has 1 aromatic carbocycles. The molecule has 0 bridgehead atoms. The fraction of sp³-hybridized carbons (Fsp3) is 0.429. The Bertz CT molecular complexity index is 453. The predicted octanol–water partition coefficient (Wildman–Crippen LogP) is 1.92. The number of carbonyl (C=O) groups is 2. The van der Waals surface area contributed by atoms with E-state index in [1.807, 2.05) is 24.3 Å². The van der Waals surface area contributed by atoms with Crippen LogP contribution >= 0.6 is 0 Å². The van der Waals surface area contributed by atoms with Gasteiger partial charge in [-0.2, -0.15) is 0 Å². The zero-order chi connectivity index (χ0) is 13.1. The summed E-state index contributed by atoms with van der Waals surface area (Å²) in [7, 11) is 0. The fourth-order valence-corrected chi connectivity index (χ4v) is 1.92. The average molecular weight is 246 g/mol. The highest BCUT2D eigenvalue weighted by Crippen LogP contribution is 2.37. The first kappa shape index (κ1) is 12.6. The van der Waals surface area contributed by atoms with Crippen molar-refractivity contribution in [1.29, 1.82) is 0 Å². The maximum Gasteiger partial charge on any atom is 0.223 e. The van der Waals surface area contributed by atoms with E-state index >= 15 is 0 Å². The van der Waals surface area contributed by atoms with E-state index in [-0.39, 0.29) is 17.7 Å². The number of carbonyl (C=O) groups excluding carboxylic acids is 2. The van der Waals surface area contributed by atoms with Crippen molar-refractivity contribution in [1.82, 2.24) is 5.32 Å². The Hall–Kier alpha value is -1.84. The fourth-order valence-electron chi connectivity index (χ4n) is 1.92. The molecule has 0 radical (unpaired) electrons. The minimum atomic E-state index is -0.0845. The van der Waals surface area contributed by atoms with Crippen LogP contribution in [0.15, 0.2) is 24.3 Å². The molecule has 1 aliphatic carbocycles. The molecule has 0 saturated heterocycles. The zero-order valence-corrected chi connectivity index (χ0v) is 10.7. The van der Waals surface area contributed by atoms with E-state index in [1.165, 1.54) is 6.92 Å². The SMILES string of the molecule is CC(=O)Nc1ccc(CNC(=O)[C@H]2C[C@H]2C)cc1. The van der Waals surface area contributed by atoms with Gasteiger partial charge in [0.25, 0.3) is 0 Å². The largest absolute Gasteiger partial charge is 0.352 e. The van der Waals surface area contributed by atoms with E-state index in [4.69, 9.17) is 0 Å². The molecule has 0 unspecified atom stereocenters. The van der Waals surface area contributed by atoms with E-state index in [1.54, 1.807) is 0 Å². The Morgan fingerprint density at radius 3 is 2.39 bits per heavy atom. The van der Waals surface area contributed by atoms with Gasteiger partial charge in [-0.3, -0.25) is 9.59 Å². The van der Waals surface area contributed by atoms with Crippen LogP contribution in [-0.2, 0) is 16.1 Å². The second-order valence-electron chi connectivity index (χ2n) is 4.92. The van der Waals surface area contributed by atoms with Gasteiger partial charge < -0.3 is 10.6 Å². The molecular weight excluding hydrogens is 228 g/mol. The molecule has 2 atom stereocenters. The Kier molecular flexibility index (Phi) is 3.65. The van der Waals surface area contributed by atoms with Crippen LogP contribution in [0.2, 0.25) is 0 Å². The number of benzene rings is 1. The molecule has 4 nitrogen and oxygen atoms in total. The van der Waals surface area contributed by atoms with E-state index < -0.39 is 0 Å². The van der Waals surface area contributed by atoms with Crippen LogP contribution in [0.25, 0.3) is 0 Å². The normalized spacial score (nSPS) is 21.2. The van der Waals surface area contributed by atoms with Crippen molar-refractivity contribution in [3.63, 3.8) is 0 Å². The van der Waals surface area contributed by atoms with Gasteiger partial charge in [-0.15, -0.1) is 0 Å². The number of hydrogen-bond acceptors (Lipinski definition) is 2. The summed E-state index contributed by atoms with van der Waals surface area (Å²) in [5.41, 5.74) is 1.80. The molecular formula is C14H18N2O2. The molecule has 0 aliphatic heterocycles. The molecule has 4 heteroatoms. The molecule has 2 rings (SSSR count). The Labute approximate surface area is 107 Å². The first-order valence-electron chi connectivity index (χ1n) is 6.20. The quantitative estimate of drug-likeness (QED) is 0.852. The highest BCUT2D eigenvalue weighted by atomic mass is 16.2. The van der Waals surface area contributed by atoms with Gasteiger partial charge in [0.15, 0.2) is 0 Å². The maximum absolute atomic E-state index is 11.6. The lowest BCUT2D eigenvalue weighted by molar-refractivity contribution is -0.122. The Balaban J connectivity index is 1.82. The summed E-state index contributed by atoms with van der Waals surface area (Å²) >= 11 is 0. The second-order valence-corrected chi connectivity index (χ2v) is 4.92. The monoisotopic (exact) mass is 246 g/mol. The van der Waals surface area contributed by atoms with Gasteiger partial charge >= 0.3 is 0 Å². The minimum Gasteiger partial charge on any atom is -0.352 e. The molecule has 96 valence electrons. The molecule has 0 aromatic heterocycles. The lowest BCUT2D eigenvalue weighted by Gasteiger charge is -2.06. The van der Waals surface area contributed by atoms with Crippen molar-refractivity contribution >= 4 is 17.5 Å². The van der Waals surface area contributed by atoms with Gasteiger partial charge in [0.05, 0.1) is 0 Å². The summed E-state index contributed by atoms with van der Waals surface area (Å²) in [5, 5.41) is 5.63. The van der Waals surface area contributed by atoms with Crippen LogP contribution in [0.5, 0.6) is 0 Å². The van der Waals surface area contributed by atoms with Gasteiger partial charge in [0.2, 0.25) is 11.8 Å². The number of rotatable bonds is 4. The molecule has 1 saturated carbocycles. The van der Waals surface area contributed by atoms with E-state index in [0.717, 1.165) is 17.7 Å². The van der Waals surface area contributed by atoms with Crippen molar-refractivity contribution in [2.45, 2.75) is 26.8 Å². The lowest BCUT2D eigenvalue weighted by Crippen LogP contribution is -2.24. The third-order valence-electron chi connectivity index (χ3n) is 3.19. The maximum atomic E-state index is 11.6. The summed E-state index contributed by atoms with van der Waals surface area (Å²) in [6.07, 6.45) is 1.01. The summed E-state index contributed by atoms with van der Waals surface area (Å²) < 4.78 is 0. The first-order chi connectivity index (χ1) is 8.56.